The van der Waals surface area contributed by atoms with Crippen molar-refractivity contribution in [1.82, 2.24) is 4.90 Å². The van der Waals surface area contributed by atoms with Crippen LogP contribution in [0.3, 0.4) is 0 Å². The fourth-order valence-corrected chi connectivity index (χ4v) is 5.68. The first-order chi connectivity index (χ1) is 13.8. The number of rotatable bonds is 5. The summed E-state index contributed by atoms with van der Waals surface area (Å²) in [4.78, 5) is 28.0. The Morgan fingerprint density at radius 1 is 1.14 bits per heavy atom. The number of carbonyl (C=O) groups is 2. The number of carboxylic acid groups (broad SMARTS) is 1. The first kappa shape index (κ1) is 20.1. The molecule has 156 valence electrons. The molecule has 6 atom stereocenters. The number of allylic oxidation sites excluding steroid dienone is 2. The Bertz CT molecular complexity index is 802. The van der Waals surface area contributed by atoms with Crippen molar-refractivity contribution >= 4 is 11.9 Å². The predicted octanol–water partition coefficient (Wildman–Crippen LogP) is 4.06. The monoisotopic (exact) mass is 397 g/mol. The molecule has 2 bridgehead atoms. The van der Waals surface area contributed by atoms with E-state index < -0.39 is 17.8 Å². The highest BCUT2D eigenvalue weighted by molar-refractivity contribution is 5.87. The first-order valence-corrected chi connectivity index (χ1v) is 10.7. The lowest BCUT2D eigenvalue weighted by atomic mass is 9.80. The molecule has 1 heterocycles. The van der Waals surface area contributed by atoms with Crippen molar-refractivity contribution in [3.63, 3.8) is 0 Å². The van der Waals surface area contributed by atoms with Gasteiger partial charge < -0.3 is 14.7 Å². The summed E-state index contributed by atoms with van der Waals surface area (Å²) in [6.45, 7) is 6.81. The van der Waals surface area contributed by atoms with Gasteiger partial charge in [0.05, 0.1) is 23.5 Å². The third-order valence-electron chi connectivity index (χ3n) is 7.05. The molecule has 1 aromatic carbocycles. The van der Waals surface area contributed by atoms with E-state index in [0.29, 0.717) is 6.61 Å². The normalized spacial score (nSPS) is 33.4. The number of nitrogens with zero attached hydrogens (tertiary/aromatic N) is 1. The number of hydrogen-bond donors (Lipinski definition) is 1. The lowest BCUT2D eigenvalue weighted by Crippen LogP contribution is -2.53. The van der Waals surface area contributed by atoms with Crippen molar-refractivity contribution in [1.29, 1.82) is 0 Å². The number of hydrogen-bond acceptors (Lipinski definition) is 3. The van der Waals surface area contributed by atoms with Crippen LogP contribution < -0.4 is 0 Å². The van der Waals surface area contributed by atoms with Crippen LogP contribution in [0.2, 0.25) is 0 Å². The Kier molecular flexibility index (Phi) is 5.28. The summed E-state index contributed by atoms with van der Waals surface area (Å²) >= 11 is 0. The number of fused-ring (bicyclic) bond motifs is 2. The third-order valence-corrected chi connectivity index (χ3v) is 7.05. The fourth-order valence-electron chi connectivity index (χ4n) is 5.68. The van der Waals surface area contributed by atoms with Gasteiger partial charge >= 0.3 is 5.97 Å². The molecule has 1 aliphatic heterocycles. The minimum Gasteiger partial charge on any atom is -0.481 e. The predicted molar refractivity (Wildman–Crippen MR) is 110 cm³/mol. The quantitative estimate of drug-likeness (QED) is 0.761. The van der Waals surface area contributed by atoms with Gasteiger partial charge in [0.25, 0.3) is 0 Å². The largest absolute Gasteiger partial charge is 0.481 e. The van der Waals surface area contributed by atoms with Crippen LogP contribution in [0.1, 0.15) is 51.6 Å². The summed E-state index contributed by atoms with van der Waals surface area (Å²) in [7, 11) is 0. The van der Waals surface area contributed by atoms with Gasteiger partial charge in [-0.3, -0.25) is 9.59 Å². The Morgan fingerprint density at radius 3 is 2.41 bits per heavy atom. The molecule has 3 aliphatic rings. The second-order valence-electron chi connectivity index (χ2n) is 9.43. The van der Waals surface area contributed by atoms with Crippen molar-refractivity contribution in [3.8, 4) is 0 Å². The van der Waals surface area contributed by atoms with Crippen LogP contribution in [-0.4, -0.2) is 40.1 Å². The zero-order chi connectivity index (χ0) is 20.8. The van der Waals surface area contributed by atoms with E-state index in [0.717, 1.165) is 24.8 Å². The Hall–Kier alpha value is -2.14. The average molecular weight is 398 g/mol. The van der Waals surface area contributed by atoms with Gasteiger partial charge in [-0.25, -0.2) is 0 Å². The van der Waals surface area contributed by atoms with E-state index in [9.17, 15) is 14.7 Å². The van der Waals surface area contributed by atoms with Gasteiger partial charge in [0.1, 0.15) is 0 Å². The molecule has 1 saturated carbocycles. The van der Waals surface area contributed by atoms with E-state index in [1.54, 1.807) is 0 Å². The van der Waals surface area contributed by atoms with Crippen LogP contribution in [0.15, 0.2) is 42.5 Å². The van der Waals surface area contributed by atoms with Gasteiger partial charge in [-0.15, -0.1) is 0 Å². The summed E-state index contributed by atoms with van der Waals surface area (Å²) in [5.41, 5.74) is 0.786. The maximum atomic E-state index is 14.0. The molecule has 5 heteroatoms. The lowest BCUT2D eigenvalue weighted by molar-refractivity contribution is -0.157. The van der Waals surface area contributed by atoms with Crippen LogP contribution in [0.5, 0.6) is 0 Å². The molecule has 0 aromatic heterocycles. The second-order valence-corrected chi connectivity index (χ2v) is 9.43. The topological polar surface area (TPSA) is 66.8 Å². The standard InChI is InChI=1S/C24H31NO4/c1-15(16-7-5-4-6-8-16)25(19-11-12-29-24(2,3)14-19)22(26)20-17-9-10-18(13-17)21(20)23(27)28/h4-10,15,17-21H,11-14H2,1-3H3,(H,27,28)/t15-,17-,18+,19-,20+,21-/m0/s1. The molecule has 0 radical (unpaired) electrons. The van der Waals surface area contributed by atoms with E-state index >= 15 is 0 Å². The van der Waals surface area contributed by atoms with Gasteiger partial charge in [-0.2, -0.15) is 0 Å². The van der Waals surface area contributed by atoms with Gasteiger partial charge in [0, 0.05) is 12.6 Å². The molecule has 1 aromatic rings. The number of aliphatic carboxylic acids is 1. The lowest BCUT2D eigenvalue weighted by Gasteiger charge is -2.45. The molecule has 1 amide bonds. The second kappa shape index (κ2) is 7.60. The molecule has 5 nitrogen and oxygen atoms in total. The Morgan fingerprint density at radius 2 is 1.79 bits per heavy atom. The van der Waals surface area contributed by atoms with Gasteiger partial charge in [-0.05, 0) is 57.4 Å². The average Bonchev–Trinajstić information content (AvgIpc) is 3.29. The van der Waals surface area contributed by atoms with Crippen molar-refractivity contribution in [2.45, 2.75) is 57.7 Å². The number of carbonyl (C=O) groups excluding carboxylic acids is 1. The molecule has 2 aliphatic carbocycles. The molecule has 2 fully saturated rings. The highest BCUT2D eigenvalue weighted by atomic mass is 16.5. The first-order valence-electron chi connectivity index (χ1n) is 10.7. The molecule has 4 rings (SSSR count). The summed E-state index contributed by atoms with van der Waals surface area (Å²) in [6.07, 6.45) is 6.37. The molecule has 0 spiro atoms. The Balaban J connectivity index is 1.69. The van der Waals surface area contributed by atoms with E-state index in [1.807, 2.05) is 41.3 Å². The fraction of sp³-hybridized carbons (Fsp3) is 0.583. The van der Waals surface area contributed by atoms with Crippen LogP contribution in [0.4, 0.5) is 0 Å². The molecular formula is C24H31NO4. The van der Waals surface area contributed by atoms with E-state index in [-0.39, 0.29) is 35.4 Å². The zero-order valence-corrected chi connectivity index (χ0v) is 17.5. The highest BCUT2D eigenvalue weighted by Gasteiger charge is 2.54. The third kappa shape index (κ3) is 3.73. The molecular weight excluding hydrogens is 366 g/mol. The number of amides is 1. The van der Waals surface area contributed by atoms with Crippen molar-refractivity contribution < 1.29 is 19.4 Å². The van der Waals surface area contributed by atoms with Gasteiger partial charge in [-0.1, -0.05) is 42.5 Å². The SMILES string of the molecule is C[C@@H](c1ccccc1)N(C(=O)[C@H]1[C@@H](C(=O)O)[C@@H]2C=C[C@H]1C2)[C@H]1CCOC(C)(C)C1. The van der Waals surface area contributed by atoms with Crippen LogP contribution in [0, 0.1) is 23.7 Å². The maximum absolute atomic E-state index is 14.0. The van der Waals surface area contributed by atoms with E-state index in [2.05, 4.69) is 26.8 Å². The van der Waals surface area contributed by atoms with Gasteiger partial charge in [0.2, 0.25) is 5.91 Å². The van der Waals surface area contributed by atoms with Gasteiger partial charge in [0.15, 0.2) is 0 Å². The maximum Gasteiger partial charge on any atom is 0.307 e. The summed E-state index contributed by atoms with van der Waals surface area (Å²) < 4.78 is 5.90. The van der Waals surface area contributed by atoms with Crippen LogP contribution in [-0.2, 0) is 14.3 Å². The zero-order valence-electron chi connectivity index (χ0n) is 17.5. The van der Waals surface area contributed by atoms with Crippen molar-refractivity contribution in [3.05, 3.63) is 48.0 Å². The summed E-state index contributed by atoms with van der Waals surface area (Å²) in [6, 6.07) is 9.97. The minimum absolute atomic E-state index is 0.00620. The number of carboxylic acids is 1. The molecule has 0 unspecified atom stereocenters. The van der Waals surface area contributed by atoms with Crippen LogP contribution >= 0.6 is 0 Å². The highest BCUT2D eigenvalue weighted by Crippen LogP contribution is 2.50. The van der Waals surface area contributed by atoms with Crippen molar-refractivity contribution in [2.75, 3.05) is 6.61 Å². The number of benzene rings is 1. The van der Waals surface area contributed by atoms with E-state index in [4.69, 9.17) is 4.74 Å². The minimum atomic E-state index is -0.847. The summed E-state index contributed by atoms with van der Waals surface area (Å²) in [5, 5.41) is 9.86. The molecule has 1 saturated heterocycles. The van der Waals surface area contributed by atoms with E-state index in [1.165, 1.54) is 0 Å². The molecule has 1 N–H and O–H groups in total. The summed E-state index contributed by atoms with van der Waals surface area (Å²) in [5.74, 6) is -1.93. The molecule has 29 heavy (non-hydrogen) atoms. The number of ether oxygens (including phenoxy) is 1. The smallest absolute Gasteiger partial charge is 0.307 e. The van der Waals surface area contributed by atoms with Crippen LogP contribution in [0.25, 0.3) is 0 Å². The van der Waals surface area contributed by atoms with Crippen molar-refractivity contribution in [2.24, 2.45) is 23.7 Å². The Labute approximate surface area is 172 Å².